The molecule has 0 unspecified atom stereocenters. The summed E-state index contributed by atoms with van der Waals surface area (Å²) in [6.45, 7) is 9.77. The zero-order valence-corrected chi connectivity index (χ0v) is 16.2. The van der Waals surface area contributed by atoms with E-state index < -0.39 is 0 Å². The third kappa shape index (κ3) is 3.92. The molecule has 0 radical (unpaired) electrons. The Bertz CT molecular complexity index is 767. The van der Waals surface area contributed by atoms with E-state index in [0.717, 1.165) is 32.0 Å². The predicted octanol–water partition coefficient (Wildman–Crippen LogP) is 2.67. The Morgan fingerprint density at radius 3 is 2.58 bits per heavy atom. The van der Waals surface area contributed by atoms with E-state index in [1.807, 2.05) is 30.3 Å². The summed E-state index contributed by atoms with van der Waals surface area (Å²) in [5.41, 5.74) is 1.71. The highest BCUT2D eigenvalue weighted by molar-refractivity contribution is 6.33. The molecular weight excluding hydrogens is 352 g/mol. The van der Waals surface area contributed by atoms with Gasteiger partial charge in [0.25, 0.3) is 5.91 Å². The lowest BCUT2D eigenvalue weighted by molar-refractivity contribution is -0.00923. The highest BCUT2D eigenvalue weighted by Crippen LogP contribution is 2.24. The lowest BCUT2D eigenvalue weighted by Gasteiger charge is -2.40. The standard InChI is InChI=1S/C19H25ClN4O2/c1-14-16(17(20)24(22-14)15-7-5-4-6-8-15)18(25)21-13-19(2,3)23-9-11-26-12-10-23/h4-8H,9-13H2,1-3H3,(H,21,25). The molecule has 1 amide bonds. The quantitative estimate of drug-likeness (QED) is 0.871. The van der Waals surface area contributed by atoms with Crippen LogP contribution in [0.4, 0.5) is 0 Å². The monoisotopic (exact) mass is 376 g/mol. The number of carbonyl (C=O) groups is 1. The van der Waals surface area contributed by atoms with Crippen LogP contribution in [0.1, 0.15) is 29.9 Å². The Labute approximate surface area is 159 Å². The predicted molar refractivity (Wildman–Crippen MR) is 102 cm³/mol. The van der Waals surface area contributed by atoms with E-state index in [1.165, 1.54) is 0 Å². The van der Waals surface area contributed by atoms with Crippen molar-refractivity contribution >= 4 is 17.5 Å². The fourth-order valence-electron chi connectivity index (χ4n) is 3.16. The molecule has 6 nitrogen and oxygen atoms in total. The topological polar surface area (TPSA) is 59.4 Å². The summed E-state index contributed by atoms with van der Waals surface area (Å²) in [4.78, 5) is 15.1. The number of hydrogen-bond donors (Lipinski definition) is 1. The van der Waals surface area contributed by atoms with Crippen LogP contribution < -0.4 is 5.32 Å². The number of nitrogens with one attached hydrogen (secondary N) is 1. The van der Waals surface area contributed by atoms with Gasteiger partial charge >= 0.3 is 0 Å². The molecule has 3 rings (SSSR count). The van der Waals surface area contributed by atoms with Gasteiger partial charge in [0.05, 0.1) is 30.2 Å². The van der Waals surface area contributed by atoms with Crippen molar-refractivity contribution in [1.29, 1.82) is 0 Å². The second kappa shape index (κ2) is 7.78. The first-order valence-electron chi connectivity index (χ1n) is 8.82. The minimum absolute atomic E-state index is 0.157. The van der Waals surface area contributed by atoms with E-state index in [9.17, 15) is 4.79 Å². The van der Waals surface area contributed by atoms with Crippen LogP contribution in [-0.2, 0) is 4.74 Å². The summed E-state index contributed by atoms with van der Waals surface area (Å²) in [5, 5.41) is 7.79. The number of rotatable bonds is 5. The highest BCUT2D eigenvalue weighted by atomic mass is 35.5. The number of aromatic nitrogens is 2. The number of nitrogens with zero attached hydrogens (tertiary/aromatic N) is 3. The lowest BCUT2D eigenvalue weighted by atomic mass is 10.0. The fourth-order valence-corrected chi connectivity index (χ4v) is 3.52. The lowest BCUT2D eigenvalue weighted by Crippen LogP contribution is -2.55. The maximum absolute atomic E-state index is 12.8. The summed E-state index contributed by atoms with van der Waals surface area (Å²) in [5.74, 6) is -0.198. The smallest absolute Gasteiger partial charge is 0.256 e. The first kappa shape index (κ1) is 18.9. The first-order chi connectivity index (χ1) is 12.4. The van der Waals surface area contributed by atoms with E-state index in [4.69, 9.17) is 16.3 Å². The zero-order valence-electron chi connectivity index (χ0n) is 15.5. The van der Waals surface area contributed by atoms with Crippen molar-refractivity contribution in [1.82, 2.24) is 20.0 Å². The average molecular weight is 377 g/mol. The van der Waals surface area contributed by atoms with Crippen molar-refractivity contribution in [3.63, 3.8) is 0 Å². The molecule has 1 aromatic carbocycles. The summed E-state index contributed by atoms with van der Waals surface area (Å²) in [6.07, 6.45) is 0. The molecule has 0 saturated carbocycles. The number of benzene rings is 1. The van der Waals surface area contributed by atoms with Crippen molar-refractivity contribution in [3.05, 3.63) is 46.7 Å². The largest absolute Gasteiger partial charge is 0.379 e. The number of para-hydroxylation sites is 1. The second-order valence-corrected chi connectivity index (χ2v) is 7.45. The SMILES string of the molecule is Cc1nn(-c2ccccc2)c(Cl)c1C(=O)NCC(C)(C)N1CCOCC1. The van der Waals surface area contributed by atoms with Crippen LogP contribution in [-0.4, -0.2) is 59.0 Å². The molecule has 2 heterocycles. The van der Waals surface area contributed by atoms with Crippen molar-refractivity contribution < 1.29 is 9.53 Å². The van der Waals surface area contributed by atoms with Gasteiger partial charge in [0.1, 0.15) is 5.15 Å². The Balaban J connectivity index is 1.73. The van der Waals surface area contributed by atoms with Crippen LogP contribution in [0.5, 0.6) is 0 Å². The van der Waals surface area contributed by atoms with E-state index >= 15 is 0 Å². The van der Waals surface area contributed by atoms with Crippen LogP contribution in [0.2, 0.25) is 5.15 Å². The number of halogens is 1. The van der Waals surface area contributed by atoms with Gasteiger partial charge in [0, 0.05) is 25.2 Å². The molecule has 1 N–H and O–H groups in total. The van der Waals surface area contributed by atoms with E-state index in [0.29, 0.717) is 23.0 Å². The zero-order chi connectivity index (χ0) is 18.7. The molecule has 1 fully saturated rings. The Hall–Kier alpha value is -1.89. The Morgan fingerprint density at radius 1 is 1.27 bits per heavy atom. The summed E-state index contributed by atoms with van der Waals surface area (Å²) < 4.78 is 7.00. The average Bonchev–Trinajstić information content (AvgIpc) is 2.96. The fraction of sp³-hybridized carbons (Fsp3) is 0.474. The van der Waals surface area contributed by atoms with Crippen LogP contribution in [0.3, 0.4) is 0 Å². The Morgan fingerprint density at radius 2 is 1.92 bits per heavy atom. The molecule has 1 saturated heterocycles. The third-order valence-corrected chi connectivity index (χ3v) is 5.13. The van der Waals surface area contributed by atoms with Crippen LogP contribution in [0.15, 0.2) is 30.3 Å². The van der Waals surface area contributed by atoms with Gasteiger partial charge in [0.15, 0.2) is 0 Å². The van der Waals surface area contributed by atoms with Gasteiger partial charge < -0.3 is 10.1 Å². The molecule has 0 spiro atoms. The number of aryl methyl sites for hydroxylation is 1. The summed E-state index contributed by atoms with van der Waals surface area (Å²) in [6, 6.07) is 9.55. The molecule has 140 valence electrons. The normalized spacial score (nSPS) is 15.8. The first-order valence-corrected chi connectivity index (χ1v) is 9.19. The van der Waals surface area contributed by atoms with E-state index in [1.54, 1.807) is 11.6 Å². The molecule has 0 bridgehead atoms. The van der Waals surface area contributed by atoms with Crippen molar-refractivity contribution in [2.45, 2.75) is 26.3 Å². The van der Waals surface area contributed by atoms with Gasteiger partial charge in [-0.3, -0.25) is 9.69 Å². The third-order valence-electron chi connectivity index (χ3n) is 4.78. The summed E-state index contributed by atoms with van der Waals surface area (Å²) >= 11 is 6.47. The van der Waals surface area contributed by atoms with Gasteiger partial charge in [-0.1, -0.05) is 29.8 Å². The van der Waals surface area contributed by atoms with Crippen molar-refractivity contribution in [2.75, 3.05) is 32.8 Å². The molecule has 1 aliphatic rings. The van der Waals surface area contributed by atoms with E-state index in [2.05, 4.69) is 29.2 Å². The molecule has 1 aromatic heterocycles. The van der Waals surface area contributed by atoms with Crippen LogP contribution >= 0.6 is 11.6 Å². The number of carbonyl (C=O) groups excluding carboxylic acids is 1. The molecule has 0 atom stereocenters. The van der Waals surface area contributed by atoms with E-state index in [-0.39, 0.29) is 11.4 Å². The molecule has 26 heavy (non-hydrogen) atoms. The van der Waals surface area contributed by atoms with Gasteiger partial charge in [-0.25, -0.2) is 4.68 Å². The maximum Gasteiger partial charge on any atom is 0.256 e. The van der Waals surface area contributed by atoms with Crippen LogP contribution in [0.25, 0.3) is 5.69 Å². The highest BCUT2D eigenvalue weighted by Gasteiger charge is 2.30. The minimum Gasteiger partial charge on any atom is -0.379 e. The molecule has 2 aromatic rings. The molecule has 7 heteroatoms. The summed E-state index contributed by atoms with van der Waals surface area (Å²) in [7, 11) is 0. The van der Waals surface area contributed by atoms with Crippen molar-refractivity contribution in [3.8, 4) is 5.69 Å². The molecule has 1 aliphatic heterocycles. The van der Waals surface area contributed by atoms with Gasteiger partial charge in [-0.15, -0.1) is 0 Å². The molecule has 0 aliphatic carbocycles. The molecular formula is C19H25ClN4O2. The van der Waals surface area contributed by atoms with Gasteiger partial charge in [-0.2, -0.15) is 5.10 Å². The number of ether oxygens (including phenoxy) is 1. The van der Waals surface area contributed by atoms with Gasteiger partial charge in [-0.05, 0) is 32.9 Å². The van der Waals surface area contributed by atoms with Gasteiger partial charge in [0.2, 0.25) is 0 Å². The minimum atomic E-state index is -0.198. The Kier molecular flexibility index (Phi) is 5.65. The number of hydrogen-bond acceptors (Lipinski definition) is 4. The van der Waals surface area contributed by atoms with Crippen molar-refractivity contribution in [2.24, 2.45) is 0 Å². The maximum atomic E-state index is 12.8. The second-order valence-electron chi connectivity index (χ2n) is 7.09. The number of amides is 1. The van der Waals surface area contributed by atoms with Crippen LogP contribution in [0, 0.1) is 6.92 Å². The number of morpholine rings is 1.